The van der Waals surface area contributed by atoms with Crippen molar-refractivity contribution in [3.05, 3.63) is 23.8 Å². The Labute approximate surface area is 155 Å². The van der Waals surface area contributed by atoms with E-state index >= 15 is 0 Å². The second kappa shape index (κ2) is 9.85. The molecule has 1 amide bonds. The summed E-state index contributed by atoms with van der Waals surface area (Å²) in [5, 5.41) is 6.11. The van der Waals surface area contributed by atoms with Crippen molar-refractivity contribution < 1.29 is 19.0 Å². The van der Waals surface area contributed by atoms with Crippen LogP contribution in [-0.2, 0) is 16.1 Å². The van der Waals surface area contributed by atoms with E-state index in [1.165, 1.54) is 12.8 Å². The van der Waals surface area contributed by atoms with Crippen LogP contribution < -0.4 is 20.1 Å². The standard InChI is InChI=1S/C18H26N2O4.ClH/c1-22-15-8-4-5-13(17(15)24-14-6-2-3-7-14)11-20-18(21)16-12-19-9-10-23-16;/h4-5,8,14,16,19H,2-3,6-7,9-12H2,1H3,(H,20,21);1H. The van der Waals surface area contributed by atoms with Crippen LogP contribution in [0.4, 0.5) is 0 Å². The van der Waals surface area contributed by atoms with E-state index in [9.17, 15) is 4.79 Å². The van der Waals surface area contributed by atoms with Gasteiger partial charge in [-0.3, -0.25) is 4.79 Å². The first-order valence-corrected chi connectivity index (χ1v) is 8.70. The maximum absolute atomic E-state index is 12.2. The van der Waals surface area contributed by atoms with Crippen LogP contribution in [0.5, 0.6) is 11.5 Å². The van der Waals surface area contributed by atoms with Gasteiger partial charge in [-0.05, 0) is 31.7 Å². The highest BCUT2D eigenvalue weighted by Gasteiger charge is 2.23. The van der Waals surface area contributed by atoms with E-state index in [0.717, 1.165) is 30.7 Å². The van der Waals surface area contributed by atoms with E-state index in [4.69, 9.17) is 14.2 Å². The number of carbonyl (C=O) groups excluding carboxylic acids is 1. The molecule has 1 heterocycles. The summed E-state index contributed by atoms with van der Waals surface area (Å²) in [5.41, 5.74) is 0.929. The van der Waals surface area contributed by atoms with E-state index in [1.54, 1.807) is 7.11 Å². The van der Waals surface area contributed by atoms with Gasteiger partial charge in [-0.1, -0.05) is 12.1 Å². The molecule has 0 radical (unpaired) electrons. The van der Waals surface area contributed by atoms with Crippen LogP contribution in [-0.4, -0.2) is 44.9 Å². The Kier molecular flexibility index (Phi) is 7.81. The van der Waals surface area contributed by atoms with E-state index in [2.05, 4.69) is 10.6 Å². The van der Waals surface area contributed by atoms with Crippen LogP contribution in [0.3, 0.4) is 0 Å². The summed E-state index contributed by atoms with van der Waals surface area (Å²) >= 11 is 0. The zero-order valence-electron chi connectivity index (χ0n) is 14.6. The van der Waals surface area contributed by atoms with Gasteiger partial charge in [0, 0.05) is 25.2 Å². The van der Waals surface area contributed by atoms with Crippen LogP contribution in [0, 0.1) is 0 Å². The molecule has 1 aromatic rings. The molecule has 6 nitrogen and oxygen atoms in total. The summed E-state index contributed by atoms with van der Waals surface area (Å²) in [4.78, 5) is 12.2. The first-order chi connectivity index (χ1) is 11.8. The topological polar surface area (TPSA) is 68.8 Å². The van der Waals surface area contributed by atoms with E-state index < -0.39 is 6.10 Å². The molecular formula is C18H27ClN2O4. The predicted octanol–water partition coefficient (Wildman–Crippen LogP) is 2.04. The molecule has 1 unspecified atom stereocenters. The molecule has 140 valence electrons. The average molecular weight is 371 g/mol. The number of hydrogen-bond acceptors (Lipinski definition) is 5. The number of nitrogens with one attached hydrogen (secondary N) is 2. The molecule has 1 saturated heterocycles. The molecule has 0 spiro atoms. The van der Waals surface area contributed by atoms with Crippen LogP contribution >= 0.6 is 12.4 Å². The molecule has 3 rings (SSSR count). The molecule has 1 atom stereocenters. The Morgan fingerprint density at radius 3 is 2.84 bits per heavy atom. The first-order valence-electron chi connectivity index (χ1n) is 8.70. The first kappa shape index (κ1) is 19.8. The minimum absolute atomic E-state index is 0. The zero-order valence-corrected chi connectivity index (χ0v) is 15.4. The monoisotopic (exact) mass is 370 g/mol. The van der Waals surface area contributed by atoms with Crippen molar-refractivity contribution in [1.82, 2.24) is 10.6 Å². The van der Waals surface area contributed by atoms with Gasteiger partial charge in [0.05, 0.1) is 19.8 Å². The van der Waals surface area contributed by atoms with E-state index in [1.807, 2.05) is 18.2 Å². The molecule has 7 heteroatoms. The van der Waals surface area contributed by atoms with Gasteiger partial charge in [-0.2, -0.15) is 0 Å². The molecule has 2 aliphatic rings. The van der Waals surface area contributed by atoms with E-state index in [0.29, 0.717) is 25.4 Å². The molecule has 1 aliphatic heterocycles. The second-order valence-electron chi connectivity index (χ2n) is 6.25. The Bertz CT molecular complexity index is 558. The molecule has 0 aromatic heterocycles. The zero-order chi connectivity index (χ0) is 16.8. The fourth-order valence-corrected chi connectivity index (χ4v) is 3.20. The molecular weight excluding hydrogens is 344 g/mol. The molecule has 2 fully saturated rings. The van der Waals surface area contributed by atoms with Crippen molar-refractivity contribution in [2.75, 3.05) is 26.8 Å². The summed E-state index contributed by atoms with van der Waals surface area (Å²) in [5.74, 6) is 1.36. The molecule has 2 N–H and O–H groups in total. The maximum atomic E-state index is 12.2. The Hall–Kier alpha value is -1.50. The Balaban J connectivity index is 0.00000225. The molecule has 1 saturated carbocycles. The number of amides is 1. The van der Waals surface area contributed by atoms with Crippen LogP contribution in [0.15, 0.2) is 18.2 Å². The summed E-state index contributed by atoms with van der Waals surface area (Å²) in [7, 11) is 1.64. The maximum Gasteiger partial charge on any atom is 0.250 e. The lowest BCUT2D eigenvalue weighted by Crippen LogP contribution is -2.47. The minimum Gasteiger partial charge on any atom is -0.493 e. The third kappa shape index (κ3) is 5.23. The molecule has 1 aromatic carbocycles. The van der Waals surface area contributed by atoms with Crippen molar-refractivity contribution in [2.45, 2.75) is 44.4 Å². The molecule has 25 heavy (non-hydrogen) atoms. The van der Waals surface area contributed by atoms with Crippen molar-refractivity contribution in [3.63, 3.8) is 0 Å². The van der Waals surface area contributed by atoms with Gasteiger partial charge < -0.3 is 24.8 Å². The highest BCUT2D eigenvalue weighted by Crippen LogP contribution is 2.34. The van der Waals surface area contributed by atoms with Gasteiger partial charge in [0.15, 0.2) is 11.5 Å². The number of benzene rings is 1. The highest BCUT2D eigenvalue weighted by atomic mass is 35.5. The van der Waals surface area contributed by atoms with Crippen molar-refractivity contribution >= 4 is 18.3 Å². The summed E-state index contributed by atoms with van der Waals surface area (Å²) in [6.45, 7) is 2.31. The lowest BCUT2D eigenvalue weighted by molar-refractivity contribution is -0.134. The SMILES string of the molecule is COc1cccc(CNC(=O)C2CNCCO2)c1OC1CCCC1.Cl. The normalized spacial score (nSPS) is 20.6. The van der Waals surface area contributed by atoms with Gasteiger partial charge in [-0.15, -0.1) is 12.4 Å². The van der Waals surface area contributed by atoms with Crippen LogP contribution in [0.2, 0.25) is 0 Å². The number of para-hydroxylation sites is 1. The third-order valence-corrected chi connectivity index (χ3v) is 4.54. The number of rotatable bonds is 6. The van der Waals surface area contributed by atoms with Gasteiger partial charge in [-0.25, -0.2) is 0 Å². The third-order valence-electron chi connectivity index (χ3n) is 4.54. The molecule has 0 bridgehead atoms. The number of methoxy groups -OCH3 is 1. The van der Waals surface area contributed by atoms with Gasteiger partial charge in [0.2, 0.25) is 0 Å². The lowest BCUT2D eigenvalue weighted by atomic mass is 10.1. The number of carbonyl (C=O) groups is 1. The molecule has 1 aliphatic carbocycles. The summed E-state index contributed by atoms with van der Waals surface area (Å²) < 4.78 is 17.1. The van der Waals surface area contributed by atoms with Crippen molar-refractivity contribution in [3.8, 4) is 11.5 Å². The number of halogens is 1. The van der Waals surface area contributed by atoms with Gasteiger partial charge in [0.25, 0.3) is 5.91 Å². The Morgan fingerprint density at radius 2 is 2.16 bits per heavy atom. The minimum atomic E-state index is -0.427. The Morgan fingerprint density at radius 1 is 1.36 bits per heavy atom. The number of ether oxygens (including phenoxy) is 3. The quantitative estimate of drug-likeness (QED) is 0.802. The summed E-state index contributed by atoms with van der Waals surface area (Å²) in [6.07, 6.45) is 4.37. The van der Waals surface area contributed by atoms with Crippen LogP contribution in [0.25, 0.3) is 0 Å². The van der Waals surface area contributed by atoms with Crippen LogP contribution in [0.1, 0.15) is 31.2 Å². The highest BCUT2D eigenvalue weighted by molar-refractivity contribution is 5.85. The van der Waals surface area contributed by atoms with Gasteiger partial charge in [0.1, 0.15) is 6.10 Å². The van der Waals surface area contributed by atoms with Gasteiger partial charge >= 0.3 is 0 Å². The summed E-state index contributed by atoms with van der Waals surface area (Å²) in [6, 6.07) is 5.78. The van der Waals surface area contributed by atoms with Crippen molar-refractivity contribution in [1.29, 1.82) is 0 Å². The second-order valence-corrected chi connectivity index (χ2v) is 6.25. The smallest absolute Gasteiger partial charge is 0.250 e. The van der Waals surface area contributed by atoms with Crippen molar-refractivity contribution in [2.24, 2.45) is 0 Å². The fraction of sp³-hybridized carbons (Fsp3) is 0.611. The number of morpholine rings is 1. The van der Waals surface area contributed by atoms with E-state index in [-0.39, 0.29) is 24.4 Å². The fourth-order valence-electron chi connectivity index (χ4n) is 3.20. The average Bonchev–Trinajstić information content (AvgIpc) is 3.14. The number of hydrogen-bond donors (Lipinski definition) is 2. The lowest BCUT2D eigenvalue weighted by Gasteiger charge is -2.23. The predicted molar refractivity (Wildman–Crippen MR) is 97.6 cm³/mol. The largest absolute Gasteiger partial charge is 0.493 e.